The molecule has 1 heterocycles. The van der Waals surface area contributed by atoms with Gasteiger partial charge in [0.15, 0.2) is 0 Å². The molecule has 0 aromatic carbocycles. The van der Waals surface area contributed by atoms with Crippen LogP contribution in [0.25, 0.3) is 0 Å². The summed E-state index contributed by atoms with van der Waals surface area (Å²) in [4.78, 5) is 30.1. The molecule has 1 saturated carbocycles. The van der Waals surface area contributed by atoms with E-state index in [0.29, 0.717) is 4.88 Å². The maximum absolute atomic E-state index is 12.5. The van der Waals surface area contributed by atoms with Crippen LogP contribution in [0.4, 0.5) is 0 Å². The Balaban J connectivity index is 2.17. The third-order valence-corrected chi connectivity index (χ3v) is 4.30. The third kappa shape index (κ3) is 3.12. The molecule has 0 spiro atoms. The van der Waals surface area contributed by atoms with Crippen LogP contribution in [0, 0.1) is 19.8 Å². The maximum Gasteiger partial charge on any atom is 0.308 e. The van der Waals surface area contributed by atoms with E-state index in [1.54, 1.807) is 11.8 Å². The second kappa shape index (κ2) is 5.28. The van der Waals surface area contributed by atoms with Gasteiger partial charge in [-0.05, 0) is 26.7 Å². The molecule has 1 N–H and O–H groups in total. The molecule has 1 aromatic heterocycles. The lowest BCUT2D eigenvalue weighted by Crippen LogP contribution is -2.38. The van der Waals surface area contributed by atoms with Crippen LogP contribution in [0.15, 0.2) is 0 Å². The zero-order valence-corrected chi connectivity index (χ0v) is 12.2. The molecule has 0 aliphatic heterocycles. The highest BCUT2D eigenvalue weighted by atomic mass is 32.1. The van der Waals surface area contributed by atoms with Crippen molar-refractivity contribution in [2.75, 3.05) is 6.54 Å². The second-order valence-corrected chi connectivity index (χ2v) is 6.28. The Morgan fingerprint density at radius 2 is 2.11 bits per heavy atom. The molecule has 1 atom stereocenters. The molecule has 0 saturated heterocycles. The lowest BCUT2D eigenvalue weighted by Gasteiger charge is -2.23. The van der Waals surface area contributed by atoms with Crippen molar-refractivity contribution < 1.29 is 14.7 Å². The molecular formula is C13H18N2O3S. The summed E-state index contributed by atoms with van der Waals surface area (Å²) in [5.41, 5.74) is 0.737. The van der Waals surface area contributed by atoms with E-state index in [1.165, 1.54) is 11.3 Å². The van der Waals surface area contributed by atoms with Gasteiger partial charge in [0.1, 0.15) is 4.88 Å². The van der Waals surface area contributed by atoms with Crippen LogP contribution >= 0.6 is 11.3 Å². The van der Waals surface area contributed by atoms with Crippen molar-refractivity contribution in [3.8, 4) is 0 Å². The monoisotopic (exact) mass is 282 g/mol. The Labute approximate surface area is 116 Å². The van der Waals surface area contributed by atoms with Crippen molar-refractivity contribution in [3.63, 3.8) is 0 Å². The van der Waals surface area contributed by atoms with Gasteiger partial charge >= 0.3 is 5.97 Å². The maximum atomic E-state index is 12.5. The number of carboxylic acid groups (broad SMARTS) is 1. The largest absolute Gasteiger partial charge is 0.481 e. The van der Waals surface area contributed by atoms with E-state index in [2.05, 4.69) is 4.98 Å². The van der Waals surface area contributed by atoms with Gasteiger partial charge < -0.3 is 10.0 Å². The molecule has 1 aliphatic rings. The summed E-state index contributed by atoms with van der Waals surface area (Å²) >= 11 is 1.38. The van der Waals surface area contributed by atoms with Crippen molar-refractivity contribution in [2.45, 2.75) is 39.7 Å². The topological polar surface area (TPSA) is 70.5 Å². The predicted octanol–water partition coefficient (Wildman–Crippen LogP) is 2.09. The highest BCUT2D eigenvalue weighted by molar-refractivity contribution is 7.13. The number of carbonyl (C=O) groups is 2. The minimum absolute atomic E-state index is 0.0706. The SMILES string of the molecule is Cc1nc(C)c(C(=O)N(C[C@H](C)C(=O)O)C2CC2)s1. The first-order valence-electron chi connectivity index (χ1n) is 6.38. The number of carbonyl (C=O) groups excluding carboxylic acids is 1. The molecule has 0 unspecified atom stereocenters. The molecule has 1 aromatic rings. The van der Waals surface area contributed by atoms with Gasteiger partial charge in [0.2, 0.25) is 0 Å². The zero-order valence-electron chi connectivity index (χ0n) is 11.3. The molecule has 1 amide bonds. The normalized spacial score (nSPS) is 16.2. The number of hydrogen-bond acceptors (Lipinski definition) is 4. The van der Waals surface area contributed by atoms with Crippen LogP contribution in [0.3, 0.4) is 0 Å². The van der Waals surface area contributed by atoms with Crippen molar-refractivity contribution >= 4 is 23.2 Å². The first-order valence-corrected chi connectivity index (χ1v) is 7.19. The van der Waals surface area contributed by atoms with E-state index in [1.807, 2.05) is 13.8 Å². The number of aliphatic carboxylic acids is 1. The molecule has 104 valence electrons. The average molecular weight is 282 g/mol. The molecule has 1 aliphatic carbocycles. The van der Waals surface area contributed by atoms with Gasteiger partial charge in [0, 0.05) is 12.6 Å². The lowest BCUT2D eigenvalue weighted by molar-refractivity contribution is -0.141. The number of aryl methyl sites for hydroxylation is 2. The first kappa shape index (κ1) is 14.0. The quantitative estimate of drug-likeness (QED) is 0.897. The molecular weight excluding hydrogens is 264 g/mol. The summed E-state index contributed by atoms with van der Waals surface area (Å²) in [5, 5.41) is 9.86. The van der Waals surface area contributed by atoms with E-state index < -0.39 is 11.9 Å². The number of thiazole rings is 1. The zero-order chi connectivity index (χ0) is 14.2. The van der Waals surface area contributed by atoms with Crippen molar-refractivity contribution in [3.05, 3.63) is 15.6 Å². The van der Waals surface area contributed by atoms with Crippen LogP contribution < -0.4 is 0 Å². The van der Waals surface area contributed by atoms with Gasteiger partial charge in [-0.2, -0.15) is 0 Å². The minimum Gasteiger partial charge on any atom is -0.481 e. The number of aromatic nitrogens is 1. The molecule has 0 radical (unpaired) electrons. The van der Waals surface area contributed by atoms with Crippen LogP contribution in [0.5, 0.6) is 0 Å². The molecule has 19 heavy (non-hydrogen) atoms. The molecule has 1 fully saturated rings. The number of nitrogens with zero attached hydrogens (tertiary/aromatic N) is 2. The fourth-order valence-corrected chi connectivity index (χ4v) is 2.89. The van der Waals surface area contributed by atoms with Gasteiger partial charge in [-0.1, -0.05) is 6.92 Å². The van der Waals surface area contributed by atoms with Crippen LogP contribution in [-0.2, 0) is 4.79 Å². The highest BCUT2D eigenvalue weighted by Gasteiger charge is 2.36. The number of hydrogen-bond donors (Lipinski definition) is 1. The summed E-state index contributed by atoms with van der Waals surface area (Å²) in [6.07, 6.45) is 1.93. The van der Waals surface area contributed by atoms with E-state index in [-0.39, 0.29) is 18.5 Å². The summed E-state index contributed by atoms with van der Waals surface area (Å²) in [5.74, 6) is -1.48. The van der Waals surface area contributed by atoms with Gasteiger partial charge in [-0.3, -0.25) is 9.59 Å². The van der Waals surface area contributed by atoms with Gasteiger partial charge in [-0.15, -0.1) is 11.3 Å². The number of rotatable bonds is 5. The Kier molecular flexibility index (Phi) is 3.89. The fourth-order valence-electron chi connectivity index (χ4n) is 2.02. The predicted molar refractivity (Wildman–Crippen MR) is 72.4 cm³/mol. The van der Waals surface area contributed by atoms with Crippen LogP contribution in [0.1, 0.15) is 40.1 Å². The Bertz CT molecular complexity index is 508. The second-order valence-electron chi connectivity index (χ2n) is 5.08. The Morgan fingerprint density at radius 1 is 1.47 bits per heavy atom. The van der Waals surface area contributed by atoms with Gasteiger partial charge in [-0.25, -0.2) is 4.98 Å². The van der Waals surface area contributed by atoms with Crippen LogP contribution in [0.2, 0.25) is 0 Å². The summed E-state index contributed by atoms with van der Waals surface area (Å²) in [7, 11) is 0. The Morgan fingerprint density at radius 3 is 2.53 bits per heavy atom. The van der Waals surface area contributed by atoms with E-state index in [4.69, 9.17) is 5.11 Å². The van der Waals surface area contributed by atoms with E-state index in [9.17, 15) is 9.59 Å². The highest BCUT2D eigenvalue weighted by Crippen LogP contribution is 2.31. The smallest absolute Gasteiger partial charge is 0.308 e. The van der Waals surface area contributed by atoms with Crippen LogP contribution in [-0.4, -0.2) is 39.5 Å². The fraction of sp³-hybridized carbons (Fsp3) is 0.615. The number of amides is 1. The Hall–Kier alpha value is -1.43. The van der Waals surface area contributed by atoms with Crippen molar-refractivity contribution in [1.82, 2.24) is 9.88 Å². The molecule has 0 bridgehead atoms. The lowest BCUT2D eigenvalue weighted by atomic mass is 10.1. The molecule has 5 nitrogen and oxygen atoms in total. The van der Waals surface area contributed by atoms with E-state index >= 15 is 0 Å². The molecule has 2 rings (SSSR count). The minimum atomic E-state index is -0.865. The van der Waals surface area contributed by atoms with E-state index in [0.717, 1.165) is 23.5 Å². The standard InChI is InChI=1S/C13H18N2O3S/c1-7(13(17)18)6-15(10-4-5-10)12(16)11-8(2)14-9(3)19-11/h7,10H,4-6H2,1-3H3,(H,17,18)/t7-/m0/s1. The molecule has 6 heteroatoms. The van der Waals surface area contributed by atoms with Gasteiger partial charge in [0.25, 0.3) is 5.91 Å². The third-order valence-electron chi connectivity index (χ3n) is 3.24. The average Bonchev–Trinajstić information content (AvgIpc) is 3.10. The van der Waals surface area contributed by atoms with Gasteiger partial charge in [0.05, 0.1) is 16.6 Å². The van der Waals surface area contributed by atoms with Crippen molar-refractivity contribution in [2.24, 2.45) is 5.92 Å². The van der Waals surface area contributed by atoms with Crippen molar-refractivity contribution in [1.29, 1.82) is 0 Å². The number of carboxylic acids is 1. The summed E-state index contributed by atoms with van der Waals surface area (Å²) < 4.78 is 0. The summed E-state index contributed by atoms with van der Waals surface area (Å²) in [6, 6.07) is 0.205. The summed E-state index contributed by atoms with van der Waals surface area (Å²) in [6.45, 7) is 5.60. The first-order chi connectivity index (χ1) is 8.90.